The second kappa shape index (κ2) is 6.23. The first-order chi connectivity index (χ1) is 7.65. The largest absolute Gasteiger partial charge is 0.469 e. The lowest BCUT2D eigenvalue weighted by atomic mass is 10.0. The fourth-order valence-electron chi connectivity index (χ4n) is 1.34. The van der Waals surface area contributed by atoms with Gasteiger partial charge in [0.15, 0.2) is 0 Å². The molecule has 0 saturated heterocycles. The summed E-state index contributed by atoms with van der Waals surface area (Å²) in [6.07, 6.45) is 1.76. The van der Waals surface area contributed by atoms with E-state index >= 15 is 0 Å². The summed E-state index contributed by atoms with van der Waals surface area (Å²) in [5.74, 6) is -0.352. The first-order valence-electron chi connectivity index (χ1n) is 5.36. The van der Waals surface area contributed by atoms with Crippen molar-refractivity contribution in [2.24, 2.45) is 5.92 Å². The van der Waals surface area contributed by atoms with Gasteiger partial charge in [-0.25, -0.2) is 0 Å². The Labute approximate surface area is 96.0 Å². The number of nitrogens with one attached hydrogen (secondary N) is 1. The van der Waals surface area contributed by atoms with Crippen LogP contribution in [-0.4, -0.2) is 24.1 Å². The first-order valence-corrected chi connectivity index (χ1v) is 5.36. The van der Waals surface area contributed by atoms with E-state index in [0.29, 0.717) is 6.54 Å². The number of hydrogen-bond donors (Lipinski definition) is 1. The molecule has 2 unspecified atom stereocenters. The fraction of sp³-hybridized carbons (Fsp3) is 0.500. The van der Waals surface area contributed by atoms with Crippen molar-refractivity contribution in [1.29, 1.82) is 0 Å². The number of carbonyl (C=O) groups is 1. The van der Waals surface area contributed by atoms with Crippen molar-refractivity contribution in [2.75, 3.05) is 7.11 Å². The Balaban J connectivity index is 2.41. The molecule has 4 nitrogen and oxygen atoms in total. The molecule has 0 amide bonds. The standard InChI is InChI=1S/C12H18N2O2/c1-9(12(15)16-3)10(2)14-8-11-6-4-5-7-13-11/h4-7,9-10,14H,8H2,1-3H3. The molecule has 0 aliphatic rings. The number of ether oxygens (including phenoxy) is 1. The van der Waals surface area contributed by atoms with Crippen LogP contribution in [0, 0.1) is 5.92 Å². The van der Waals surface area contributed by atoms with E-state index in [1.165, 1.54) is 7.11 Å². The second-order valence-corrected chi connectivity index (χ2v) is 3.80. The average Bonchev–Trinajstić information content (AvgIpc) is 2.35. The van der Waals surface area contributed by atoms with Crippen molar-refractivity contribution in [3.05, 3.63) is 30.1 Å². The van der Waals surface area contributed by atoms with Gasteiger partial charge in [0, 0.05) is 18.8 Å². The molecular weight excluding hydrogens is 204 g/mol. The van der Waals surface area contributed by atoms with Gasteiger partial charge >= 0.3 is 5.97 Å². The summed E-state index contributed by atoms with van der Waals surface area (Å²) in [4.78, 5) is 15.5. The van der Waals surface area contributed by atoms with Gasteiger partial charge in [0.2, 0.25) is 0 Å². The molecule has 0 aliphatic heterocycles. The maximum atomic E-state index is 11.3. The molecule has 16 heavy (non-hydrogen) atoms. The number of carbonyl (C=O) groups excluding carboxylic acids is 1. The van der Waals surface area contributed by atoms with Crippen molar-refractivity contribution in [1.82, 2.24) is 10.3 Å². The topological polar surface area (TPSA) is 51.2 Å². The molecule has 0 spiro atoms. The normalized spacial score (nSPS) is 14.2. The van der Waals surface area contributed by atoms with E-state index in [1.54, 1.807) is 6.20 Å². The average molecular weight is 222 g/mol. The van der Waals surface area contributed by atoms with Crippen LogP contribution in [0.4, 0.5) is 0 Å². The van der Waals surface area contributed by atoms with Crippen LogP contribution < -0.4 is 5.32 Å². The third-order valence-corrected chi connectivity index (χ3v) is 2.65. The number of nitrogens with zero attached hydrogens (tertiary/aromatic N) is 1. The number of rotatable bonds is 5. The predicted molar refractivity (Wildman–Crippen MR) is 61.7 cm³/mol. The van der Waals surface area contributed by atoms with Gasteiger partial charge in [-0.05, 0) is 19.1 Å². The Morgan fingerprint density at radius 2 is 2.25 bits per heavy atom. The summed E-state index contributed by atoms with van der Waals surface area (Å²) in [5.41, 5.74) is 0.964. The van der Waals surface area contributed by atoms with Crippen molar-refractivity contribution < 1.29 is 9.53 Å². The Morgan fingerprint density at radius 3 is 2.81 bits per heavy atom. The number of aromatic nitrogens is 1. The van der Waals surface area contributed by atoms with Crippen molar-refractivity contribution in [3.63, 3.8) is 0 Å². The fourth-order valence-corrected chi connectivity index (χ4v) is 1.34. The minimum atomic E-state index is -0.193. The lowest BCUT2D eigenvalue weighted by Gasteiger charge is -2.18. The Bertz CT molecular complexity index is 327. The zero-order chi connectivity index (χ0) is 12.0. The van der Waals surface area contributed by atoms with Gasteiger partial charge in [-0.15, -0.1) is 0 Å². The zero-order valence-electron chi connectivity index (χ0n) is 9.93. The third kappa shape index (κ3) is 3.62. The minimum absolute atomic E-state index is 0.0643. The lowest BCUT2D eigenvalue weighted by molar-refractivity contribution is -0.145. The molecule has 88 valence electrons. The molecule has 0 aromatic carbocycles. The van der Waals surface area contributed by atoms with Gasteiger partial charge in [-0.1, -0.05) is 13.0 Å². The van der Waals surface area contributed by atoms with E-state index < -0.39 is 0 Å². The highest BCUT2D eigenvalue weighted by molar-refractivity contribution is 5.72. The van der Waals surface area contributed by atoms with E-state index in [1.807, 2.05) is 32.0 Å². The van der Waals surface area contributed by atoms with Crippen molar-refractivity contribution in [3.8, 4) is 0 Å². The van der Waals surface area contributed by atoms with Gasteiger partial charge in [0.25, 0.3) is 0 Å². The SMILES string of the molecule is COC(=O)C(C)C(C)NCc1ccccn1. The smallest absolute Gasteiger partial charge is 0.309 e. The molecule has 1 aromatic rings. The Hall–Kier alpha value is -1.42. The number of methoxy groups -OCH3 is 1. The van der Waals surface area contributed by atoms with E-state index in [-0.39, 0.29) is 17.9 Å². The van der Waals surface area contributed by atoms with E-state index in [2.05, 4.69) is 10.3 Å². The highest BCUT2D eigenvalue weighted by Gasteiger charge is 2.20. The molecule has 0 fully saturated rings. The van der Waals surface area contributed by atoms with Gasteiger partial charge in [-0.2, -0.15) is 0 Å². The molecule has 0 radical (unpaired) electrons. The highest BCUT2D eigenvalue weighted by atomic mass is 16.5. The molecule has 0 saturated carbocycles. The van der Waals surface area contributed by atoms with Gasteiger partial charge < -0.3 is 10.1 Å². The summed E-state index contributed by atoms with van der Waals surface area (Å²) in [7, 11) is 1.41. The number of esters is 1. The summed E-state index contributed by atoms with van der Waals surface area (Å²) in [6.45, 7) is 4.47. The molecule has 1 heterocycles. The van der Waals surface area contributed by atoms with Crippen LogP contribution in [0.1, 0.15) is 19.5 Å². The molecule has 1 rings (SSSR count). The van der Waals surface area contributed by atoms with E-state index in [9.17, 15) is 4.79 Å². The van der Waals surface area contributed by atoms with Crippen LogP contribution >= 0.6 is 0 Å². The molecule has 1 N–H and O–H groups in total. The summed E-state index contributed by atoms with van der Waals surface area (Å²) in [6, 6.07) is 5.83. The van der Waals surface area contributed by atoms with Crippen LogP contribution in [0.2, 0.25) is 0 Å². The first kappa shape index (κ1) is 12.6. The second-order valence-electron chi connectivity index (χ2n) is 3.80. The van der Waals surface area contributed by atoms with Gasteiger partial charge in [0.1, 0.15) is 0 Å². The van der Waals surface area contributed by atoms with Crippen LogP contribution in [0.25, 0.3) is 0 Å². The predicted octanol–water partition coefficient (Wildman–Crippen LogP) is 1.37. The molecule has 0 aliphatic carbocycles. The molecular formula is C12H18N2O2. The van der Waals surface area contributed by atoms with Crippen LogP contribution in [0.5, 0.6) is 0 Å². The molecule has 2 atom stereocenters. The van der Waals surface area contributed by atoms with Gasteiger partial charge in [0.05, 0.1) is 18.7 Å². The molecule has 4 heteroatoms. The Morgan fingerprint density at radius 1 is 1.50 bits per heavy atom. The monoisotopic (exact) mass is 222 g/mol. The summed E-state index contributed by atoms with van der Waals surface area (Å²) >= 11 is 0. The van der Waals surface area contributed by atoms with Crippen LogP contribution in [0.15, 0.2) is 24.4 Å². The van der Waals surface area contributed by atoms with E-state index in [4.69, 9.17) is 4.74 Å². The molecule has 1 aromatic heterocycles. The summed E-state index contributed by atoms with van der Waals surface area (Å²) < 4.78 is 4.69. The van der Waals surface area contributed by atoms with Crippen molar-refractivity contribution >= 4 is 5.97 Å². The maximum Gasteiger partial charge on any atom is 0.309 e. The quantitative estimate of drug-likeness (QED) is 0.764. The lowest BCUT2D eigenvalue weighted by Crippen LogP contribution is -2.36. The zero-order valence-corrected chi connectivity index (χ0v) is 9.93. The highest BCUT2D eigenvalue weighted by Crippen LogP contribution is 2.05. The summed E-state index contributed by atoms with van der Waals surface area (Å²) in [5, 5.41) is 3.25. The molecule has 0 bridgehead atoms. The van der Waals surface area contributed by atoms with Gasteiger partial charge in [-0.3, -0.25) is 9.78 Å². The minimum Gasteiger partial charge on any atom is -0.469 e. The number of pyridine rings is 1. The van der Waals surface area contributed by atoms with E-state index in [0.717, 1.165) is 5.69 Å². The number of hydrogen-bond acceptors (Lipinski definition) is 4. The maximum absolute atomic E-state index is 11.3. The van der Waals surface area contributed by atoms with Crippen LogP contribution in [0.3, 0.4) is 0 Å². The Kier molecular flexibility index (Phi) is 4.92. The third-order valence-electron chi connectivity index (χ3n) is 2.65. The van der Waals surface area contributed by atoms with Crippen LogP contribution in [-0.2, 0) is 16.1 Å². The van der Waals surface area contributed by atoms with Crippen molar-refractivity contribution in [2.45, 2.75) is 26.4 Å².